The van der Waals surface area contributed by atoms with Crippen molar-refractivity contribution in [2.45, 2.75) is 32.7 Å². The quantitative estimate of drug-likeness (QED) is 0.324. The Hall–Kier alpha value is -3.38. The SMILES string of the molecule is COC(=O)c1c(O[Si](c2ccccc2)(c2ccccc2)C(C)(C)C)cc2c(ncn2C)c1C. The number of ether oxygens (including phenoxy) is 1. The lowest BCUT2D eigenvalue weighted by atomic mass is 10.1. The maximum atomic E-state index is 13.0. The van der Waals surface area contributed by atoms with Gasteiger partial charge in [0.15, 0.2) is 0 Å². The van der Waals surface area contributed by atoms with Crippen LogP contribution in [0.1, 0.15) is 36.7 Å². The second-order valence-corrected chi connectivity index (χ2v) is 13.6. The highest BCUT2D eigenvalue weighted by Gasteiger charge is 2.52. The number of carbonyl (C=O) groups is 1. The Morgan fingerprint density at radius 3 is 2.00 bits per heavy atom. The van der Waals surface area contributed by atoms with Crippen molar-refractivity contribution in [3.8, 4) is 5.75 Å². The first-order valence-corrected chi connectivity index (χ1v) is 12.9. The van der Waals surface area contributed by atoms with Crippen molar-refractivity contribution < 1.29 is 14.0 Å². The molecule has 0 aliphatic heterocycles. The molecular weight excluding hydrogens is 428 g/mol. The summed E-state index contributed by atoms with van der Waals surface area (Å²) in [6.07, 6.45) is 1.76. The minimum atomic E-state index is -2.92. The van der Waals surface area contributed by atoms with E-state index < -0.39 is 14.3 Å². The minimum Gasteiger partial charge on any atom is -0.533 e. The molecule has 0 fully saturated rings. The number of hydrogen-bond acceptors (Lipinski definition) is 4. The first kappa shape index (κ1) is 22.8. The Labute approximate surface area is 196 Å². The number of methoxy groups -OCH3 is 1. The lowest BCUT2D eigenvalue weighted by Gasteiger charge is -2.43. The molecule has 0 bridgehead atoms. The molecule has 1 heterocycles. The van der Waals surface area contributed by atoms with Crippen molar-refractivity contribution in [3.05, 3.63) is 84.2 Å². The highest BCUT2D eigenvalue weighted by atomic mass is 28.4. The second-order valence-electron chi connectivity index (χ2n) is 9.35. The van der Waals surface area contributed by atoms with Crippen molar-refractivity contribution in [1.82, 2.24) is 9.55 Å². The van der Waals surface area contributed by atoms with Gasteiger partial charge < -0.3 is 13.7 Å². The first-order valence-electron chi connectivity index (χ1n) is 11.0. The van der Waals surface area contributed by atoms with Crippen molar-refractivity contribution in [2.75, 3.05) is 7.11 Å². The summed E-state index contributed by atoms with van der Waals surface area (Å²) < 4.78 is 14.3. The summed E-state index contributed by atoms with van der Waals surface area (Å²) in [5.41, 5.74) is 2.87. The molecule has 0 atom stereocenters. The molecule has 5 nitrogen and oxygen atoms in total. The number of aromatic nitrogens is 2. The Morgan fingerprint density at radius 2 is 1.52 bits per heavy atom. The van der Waals surface area contributed by atoms with Gasteiger partial charge in [0.2, 0.25) is 0 Å². The molecule has 0 aliphatic carbocycles. The second kappa shape index (κ2) is 8.52. The molecular formula is C27H30N2O3Si. The van der Waals surface area contributed by atoms with Crippen molar-refractivity contribution in [1.29, 1.82) is 0 Å². The molecule has 0 unspecified atom stereocenters. The predicted molar refractivity (Wildman–Crippen MR) is 135 cm³/mol. The Bertz CT molecular complexity index is 1250. The number of aryl methyl sites for hydroxylation is 2. The summed E-state index contributed by atoms with van der Waals surface area (Å²) in [6, 6.07) is 22.7. The van der Waals surface area contributed by atoms with Crippen LogP contribution in [0.15, 0.2) is 73.1 Å². The van der Waals surface area contributed by atoms with Crippen LogP contribution in [0, 0.1) is 6.92 Å². The number of benzene rings is 3. The fourth-order valence-corrected chi connectivity index (χ4v) is 9.07. The lowest BCUT2D eigenvalue weighted by molar-refractivity contribution is 0.0598. The van der Waals surface area contributed by atoms with Gasteiger partial charge in [-0.1, -0.05) is 81.4 Å². The molecule has 0 radical (unpaired) electrons. The van der Waals surface area contributed by atoms with Gasteiger partial charge in [0.1, 0.15) is 11.3 Å². The van der Waals surface area contributed by atoms with Gasteiger partial charge in [-0.15, -0.1) is 0 Å². The van der Waals surface area contributed by atoms with E-state index in [1.807, 2.05) is 61.0 Å². The Kier molecular flexibility index (Phi) is 5.89. The van der Waals surface area contributed by atoms with E-state index in [-0.39, 0.29) is 5.04 Å². The molecule has 0 N–H and O–H groups in total. The van der Waals surface area contributed by atoms with Gasteiger partial charge in [-0.25, -0.2) is 9.78 Å². The minimum absolute atomic E-state index is 0.238. The maximum absolute atomic E-state index is 13.0. The fourth-order valence-electron chi connectivity index (χ4n) is 4.65. The number of esters is 1. The molecule has 0 aliphatic rings. The molecule has 1 aromatic heterocycles. The number of carbonyl (C=O) groups excluding carboxylic acids is 1. The van der Waals surface area contributed by atoms with Gasteiger partial charge in [-0.2, -0.15) is 0 Å². The Balaban J connectivity index is 2.07. The molecule has 4 aromatic rings. The summed E-state index contributed by atoms with van der Waals surface area (Å²) in [5.74, 6) is 0.109. The third-order valence-electron chi connectivity index (χ3n) is 6.30. The Morgan fingerprint density at radius 1 is 0.970 bits per heavy atom. The van der Waals surface area contributed by atoms with E-state index in [9.17, 15) is 4.79 Å². The van der Waals surface area contributed by atoms with E-state index in [1.165, 1.54) is 7.11 Å². The van der Waals surface area contributed by atoms with Crippen LogP contribution in [0.3, 0.4) is 0 Å². The zero-order valence-corrected chi connectivity index (χ0v) is 21.0. The van der Waals surface area contributed by atoms with Gasteiger partial charge in [0, 0.05) is 13.1 Å². The largest absolute Gasteiger partial charge is 0.533 e. The average molecular weight is 459 g/mol. The highest BCUT2D eigenvalue weighted by Crippen LogP contribution is 2.40. The number of rotatable bonds is 5. The third-order valence-corrected chi connectivity index (χ3v) is 11.2. The zero-order valence-electron chi connectivity index (χ0n) is 20.0. The smallest absolute Gasteiger partial charge is 0.341 e. The molecule has 0 amide bonds. The van der Waals surface area contributed by atoms with Gasteiger partial charge >= 0.3 is 14.3 Å². The summed E-state index contributed by atoms with van der Waals surface area (Å²) >= 11 is 0. The van der Waals surface area contributed by atoms with Crippen LogP contribution in [0.4, 0.5) is 0 Å². The van der Waals surface area contributed by atoms with Crippen LogP contribution in [-0.4, -0.2) is 30.9 Å². The monoisotopic (exact) mass is 458 g/mol. The molecule has 33 heavy (non-hydrogen) atoms. The van der Waals surface area contributed by atoms with E-state index in [0.29, 0.717) is 11.3 Å². The van der Waals surface area contributed by atoms with Crippen LogP contribution in [-0.2, 0) is 11.8 Å². The number of fused-ring (bicyclic) bond motifs is 1. The van der Waals surface area contributed by atoms with Gasteiger partial charge in [0.25, 0.3) is 0 Å². The fraction of sp³-hybridized carbons (Fsp3) is 0.259. The van der Waals surface area contributed by atoms with Crippen LogP contribution in [0.5, 0.6) is 5.75 Å². The standard InChI is InChI=1S/C27H30N2O3Si/c1-19-24(26(30)31-6)23(17-22-25(19)28-18-29(22)5)32-33(27(2,3)4,20-13-9-7-10-14-20)21-15-11-8-12-16-21/h7-18H,1-6H3. The molecule has 0 saturated heterocycles. The van der Waals surface area contributed by atoms with Crippen LogP contribution in [0.25, 0.3) is 11.0 Å². The zero-order chi connectivity index (χ0) is 23.8. The lowest BCUT2D eigenvalue weighted by Crippen LogP contribution is -2.69. The summed E-state index contributed by atoms with van der Waals surface area (Å²) in [5, 5.41) is 2.04. The molecule has 6 heteroatoms. The maximum Gasteiger partial charge on any atom is 0.341 e. The number of nitrogens with zero attached hydrogens (tertiary/aromatic N) is 2. The van der Waals surface area contributed by atoms with Crippen LogP contribution >= 0.6 is 0 Å². The topological polar surface area (TPSA) is 53.4 Å². The van der Waals surface area contributed by atoms with Gasteiger partial charge in [-0.05, 0) is 27.9 Å². The number of imidazole rings is 1. The third kappa shape index (κ3) is 3.74. The summed E-state index contributed by atoms with van der Waals surface area (Å²) in [7, 11) is 0.419. The van der Waals surface area contributed by atoms with Crippen LogP contribution in [0.2, 0.25) is 5.04 Å². The summed E-state index contributed by atoms with van der Waals surface area (Å²) in [4.78, 5) is 17.5. The van der Waals surface area contributed by atoms with Gasteiger partial charge in [-0.3, -0.25) is 0 Å². The van der Waals surface area contributed by atoms with E-state index in [2.05, 4.69) is 50.0 Å². The molecule has 0 spiro atoms. The molecule has 0 saturated carbocycles. The molecule has 4 rings (SSSR count). The van der Waals surface area contributed by atoms with E-state index in [0.717, 1.165) is 27.0 Å². The highest BCUT2D eigenvalue weighted by molar-refractivity contribution is 7.00. The normalized spacial score (nSPS) is 12.1. The number of hydrogen-bond donors (Lipinski definition) is 0. The summed E-state index contributed by atoms with van der Waals surface area (Å²) in [6.45, 7) is 8.55. The average Bonchev–Trinajstić information content (AvgIpc) is 3.18. The van der Waals surface area contributed by atoms with Crippen molar-refractivity contribution in [3.63, 3.8) is 0 Å². The van der Waals surface area contributed by atoms with E-state index >= 15 is 0 Å². The van der Waals surface area contributed by atoms with E-state index in [1.54, 1.807) is 6.33 Å². The molecule has 170 valence electrons. The predicted octanol–water partition coefficient (Wildman–Crippen LogP) is 4.61. The van der Waals surface area contributed by atoms with E-state index in [4.69, 9.17) is 9.16 Å². The van der Waals surface area contributed by atoms with Crippen molar-refractivity contribution in [2.24, 2.45) is 7.05 Å². The van der Waals surface area contributed by atoms with Crippen molar-refractivity contribution >= 4 is 35.7 Å². The first-order chi connectivity index (χ1) is 15.7. The van der Waals surface area contributed by atoms with Crippen LogP contribution < -0.4 is 14.8 Å². The molecule has 3 aromatic carbocycles. The van der Waals surface area contributed by atoms with Gasteiger partial charge in [0.05, 0.1) is 24.5 Å².